The SMILES string of the molecule is Cc1ccnc(N2CC(C(=O)NC(C)(C)C)C2)c1. The van der Waals surface area contributed by atoms with Crippen molar-refractivity contribution in [1.82, 2.24) is 10.3 Å². The van der Waals surface area contributed by atoms with Crippen LogP contribution < -0.4 is 10.2 Å². The third-order valence-electron chi connectivity index (χ3n) is 2.98. The van der Waals surface area contributed by atoms with Gasteiger partial charge in [0, 0.05) is 24.8 Å². The van der Waals surface area contributed by atoms with Crippen LogP contribution in [0.2, 0.25) is 0 Å². The number of amides is 1. The van der Waals surface area contributed by atoms with Gasteiger partial charge in [-0.15, -0.1) is 0 Å². The summed E-state index contributed by atoms with van der Waals surface area (Å²) in [5, 5.41) is 3.02. The average Bonchev–Trinajstić information content (AvgIpc) is 2.11. The lowest BCUT2D eigenvalue weighted by molar-refractivity contribution is -0.127. The smallest absolute Gasteiger partial charge is 0.227 e. The lowest BCUT2D eigenvalue weighted by atomic mass is 9.97. The van der Waals surface area contributed by atoms with Gasteiger partial charge in [-0.2, -0.15) is 0 Å². The normalized spacial score (nSPS) is 16.3. The minimum absolute atomic E-state index is 0.0894. The molecule has 0 atom stereocenters. The Bertz CT molecular complexity index is 445. The number of aromatic nitrogens is 1. The fraction of sp³-hybridized carbons (Fsp3) is 0.571. The van der Waals surface area contributed by atoms with E-state index in [0.717, 1.165) is 18.9 Å². The molecule has 1 N–H and O–H groups in total. The number of carbonyl (C=O) groups is 1. The second kappa shape index (κ2) is 4.59. The summed E-state index contributed by atoms with van der Waals surface area (Å²) in [5.74, 6) is 1.20. The summed E-state index contributed by atoms with van der Waals surface area (Å²) in [6, 6.07) is 4.03. The third-order valence-corrected chi connectivity index (χ3v) is 2.98. The fourth-order valence-corrected chi connectivity index (χ4v) is 2.00. The molecule has 2 rings (SSSR count). The molecule has 4 nitrogen and oxygen atoms in total. The topological polar surface area (TPSA) is 45.2 Å². The van der Waals surface area contributed by atoms with E-state index in [4.69, 9.17) is 0 Å². The Labute approximate surface area is 108 Å². The highest BCUT2D eigenvalue weighted by Crippen LogP contribution is 2.23. The van der Waals surface area contributed by atoms with E-state index in [-0.39, 0.29) is 17.4 Å². The number of aryl methyl sites for hydroxylation is 1. The van der Waals surface area contributed by atoms with Crippen molar-refractivity contribution < 1.29 is 4.79 Å². The number of hydrogen-bond acceptors (Lipinski definition) is 3. The molecule has 0 radical (unpaired) electrons. The summed E-state index contributed by atoms with van der Waals surface area (Å²) in [5.41, 5.74) is 1.04. The molecule has 4 heteroatoms. The Hall–Kier alpha value is -1.58. The molecule has 1 aromatic heterocycles. The number of anilines is 1. The molecule has 1 aliphatic heterocycles. The zero-order valence-electron chi connectivity index (χ0n) is 11.5. The van der Waals surface area contributed by atoms with Gasteiger partial charge in [0.05, 0.1) is 5.92 Å². The van der Waals surface area contributed by atoms with Gasteiger partial charge in [-0.25, -0.2) is 4.98 Å². The van der Waals surface area contributed by atoms with Gasteiger partial charge in [0.1, 0.15) is 5.82 Å². The van der Waals surface area contributed by atoms with Gasteiger partial charge >= 0.3 is 0 Å². The quantitative estimate of drug-likeness (QED) is 0.866. The lowest BCUT2D eigenvalue weighted by Gasteiger charge is -2.40. The molecule has 0 unspecified atom stereocenters. The highest BCUT2D eigenvalue weighted by molar-refractivity contribution is 5.82. The number of nitrogens with one attached hydrogen (secondary N) is 1. The Morgan fingerprint density at radius 2 is 2.11 bits per heavy atom. The number of nitrogens with zero attached hydrogens (tertiary/aromatic N) is 2. The molecule has 1 fully saturated rings. The number of hydrogen-bond donors (Lipinski definition) is 1. The minimum atomic E-state index is -0.154. The van der Waals surface area contributed by atoms with Crippen LogP contribution in [0.15, 0.2) is 18.3 Å². The molecule has 2 heterocycles. The van der Waals surface area contributed by atoms with Gasteiger partial charge < -0.3 is 10.2 Å². The number of rotatable bonds is 2. The van der Waals surface area contributed by atoms with Gasteiger partial charge in [0.2, 0.25) is 5.91 Å². The van der Waals surface area contributed by atoms with Crippen LogP contribution in [0, 0.1) is 12.8 Å². The first-order valence-electron chi connectivity index (χ1n) is 6.35. The van der Waals surface area contributed by atoms with Crippen LogP contribution in [0.5, 0.6) is 0 Å². The highest BCUT2D eigenvalue weighted by atomic mass is 16.2. The first kappa shape index (κ1) is 12.9. The molecule has 1 aliphatic rings. The largest absolute Gasteiger partial charge is 0.355 e. The van der Waals surface area contributed by atoms with Crippen molar-refractivity contribution in [2.75, 3.05) is 18.0 Å². The zero-order valence-corrected chi connectivity index (χ0v) is 11.5. The molecular weight excluding hydrogens is 226 g/mol. The van der Waals surface area contributed by atoms with E-state index in [1.807, 2.05) is 33.0 Å². The van der Waals surface area contributed by atoms with Gasteiger partial charge in [-0.05, 0) is 45.4 Å². The molecule has 0 aliphatic carbocycles. The van der Waals surface area contributed by atoms with E-state index in [2.05, 4.69) is 28.2 Å². The van der Waals surface area contributed by atoms with Gasteiger partial charge in [0.25, 0.3) is 0 Å². The molecule has 0 spiro atoms. The molecule has 1 amide bonds. The van der Waals surface area contributed by atoms with Crippen LogP contribution in [0.3, 0.4) is 0 Å². The number of pyridine rings is 1. The Morgan fingerprint density at radius 3 is 2.67 bits per heavy atom. The minimum Gasteiger partial charge on any atom is -0.355 e. The summed E-state index contributed by atoms with van der Waals surface area (Å²) in [6.07, 6.45) is 1.81. The molecule has 1 aromatic rings. The van der Waals surface area contributed by atoms with Crippen LogP contribution in [-0.2, 0) is 4.79 Å². The van der Waals surface area contributed by atoms with E-state index < -0.39 is 0 Å². The van der Waals surface area contributed by atoms with Crippen LogP contribution >= 0.6 is 0 Å². The fourth-order valence-electron chi connectivity index (χ4n) is 2.00. The van der Waals surface area contributed by atoms with Crippen molar-refractivity contribution in [2.45, 2.75) is 33.2 Å². The van der Waals surface area contributed by atoms with Crippen molar-refractivity contribution in [2.24, 2.45) is 5.92 Å². The monoisotopic (exact) mass is 247 g/mol. The predicted octanol–water partition coefficient (Wildman–Crippen LogP) is 1.74. The van der Waals surface area contributed by atoms with E-state index >= 15 is 0 Å². The summed E-state index contributed by atoms with van der Waals surface area (Å²) < 4.78 is 0. The van der Waals surface area contributed by atoms with E-state index in [9.17, 15) is 4.79 Å². The van der Waals surface area contributed by atoms with Crippen molar-refractivity contribution in [1.29, 1.82) is 0 Å². The van der Waals surface area contributed by atoms with E-state index in [0.29, 0.717) is 0 Å². The summed E-state index contributed by atoms with van der Waals surface area (Å²) >= 11 is 0. The number of carbonyl (C=O) groups excluding carboxylic acids is 1. The molecule has 98 valence electrons. The van der Waals surface area contributed by atoms with Crippen LogP contribution in [0.25, 0.3) is 0 Å². The molecule has 0 bridgehead atoms. The van der Waals surface area contributed by atoms with Crippen molar-refractivity contribution >= 4 is 11.7 Å². The Balaban J connectivity index is 1.89. The Morgan fingerprint density at radius 1 is 1.44 bits per heavy atom. The maximum Gasteiger partial charge on any atom is 0.227 e. The van der Waals surface area contributed by atoms with Crippen molar-refractivity contribution in [3.63, 3.8) is 0 Å². The second-order valence-electron chi connectivity index (χ2n) is 6.03. The van der Waals surface area contributed by atoms with Crippen LogP contribution in [0.1, 0.15) is 26.3 Å². The molecular formula is C14H21N3O. The Kier molecular flexibility index (Phi) is 3.28. The lowest BCUT2D eigenvalue weighted by Crippen LogP contribution is -2.56. The summed E-state index contributed by atoms with van der Waals surface area (Å²) in [6.45, 7) is 9.59. The predicted molar refractivity (Wildman–Crippen MR) is 72.6 cm³/mol. The highest BCUT2D eigenvalue weighted by Gasteiger charge is 2.34. The molecule has 18 heavy (non-hydrogen) atoms. The second-order valence-corrected chi connectivity index (χ2v) is 6.03. The third kappa shape index (κ3) is 3.00. The van der Waals surface area contributed by atoms with Crippen LogP contribution in [0.4, 0.5) is 5.82 Å². The molecule has 1 saturated heterocycles. The maximum atomic E-state index is 11.9. The van der Waals surface area contributed by atoms with Crippen molar-refractivity contribution in [3.05, 3.63) is 23.9 Å². The van der Waals surface area contributed by atoms with Gasteiger partial charge in [-0.1, -0.05) is 0 Å². The molecule has 0 saturated carbocycles. The van der Waals surface area contributed by atoms with E-state index in [1.165, 1.54) is 5.56 Å². The zero-order chi connectivity index (χ0) is 13.3. The average molecular weight is 247 g/mol. The van der Waals surface area contributed by atoms with E-state index in [1.54, 1.807) is 0 Å². The molecule has 0 aromatic carbocycles. The summed E-state index contributed by atoms with van der Waals surface area (Å²) in [4.78, 5) is 18.4. The van der Waals surface area contributed by atoms with Crippen molar-refractivity contribution in [3.8, 4) is 0 Å². The standard InChI is InChI=1S/C14H21N3O/c1-10-5-6-15-12(7-10)17-8-11(9-17)13(18)16-14(2,3)4/h5-7,11H,8-9H2,1-4H3,(H,16,18). The first-order chi connectivity index (χ1) is 8.35. The van der Waals surface area contributed by atoms with Gasteiger partial charge in [0.15, 0.2) is 0 Å². The first-order valence-corrected chi connectivity index (χ1v) is 6.35. The maximum absolute atomic E-state index is 11.9. The summed E-state index contributed by atoms with van der Waals surface area (Å²) in [7, 11) is 0. The van der Waals surface area contributed by atoms with Gasteiger partial charge in [-0.3, -0.25) is 4.79 Å². The van der Waals surface area contributed by atoms with Crippen LogP contribution in [-0.4, -0.2) is 29.5 Å².